The molecule has 0 aliphatic carbocycles. The van der Waals surface area contributed by atoms with Gasteiger partial charge in [0, 0.05) is 48.1 Å². The van der Waals surface area contributed by atoms with Crippen molar-refractivity contribution in [1.29, 1.82) is 0 Å². The zero-order valence-corrected chi connectivity index (χ0v) is 28.3. The predicted molar refractivity (Wildman–Crippen MR) is 162 cm³/mol. The molecule has 0 heterocycles. The molecule has 4 N–H and O–H groups in total. The van der Waals surface area contributed by atoms with E-state index in [2.05, 4.69) is 55.4 Å². The third-order valence-corrected chi connectivity index (χ3v) is 5.76. The zero-order valence-electron chi connectivity index (χ0n) is 26.7. The van der Waals surface area contributed by atoms with E-state index in [0.29, 0.717) is 26.4 Å². The Kier molecular flexibility index (Phi) is 55.8. The van der Waals surface area contributed by atoms with Crippen molar-refractivity contribution >= 4 is 0 Å². The molecule has 0 aliphatic heterocycles. The number of rotatable bonds is 20. The van der Waals surface area contributed by atoms with Gasteiger partial charge < -0.3 is 20.4 Å². The number of hydrogen-bond acceptors (Lipinski definition) is 4. The molecule has 0 aromatic carbocycles. The molecule has 0 aliphatic rings. The van der Waals surface area contributed by atoms with Gasteiger partial charge in [-0.1, -0.05) is 132 Å². The van der Waals surface area contributed by atoms with E-state index in [1.807, 2.05) is 0 Å². The molecule has 0 atom stereocenters. The van der Waals surface area contributed by atoms with E-state index in [4.69, 9.17) is 20.4 Å². The first-order valence-electron chi connectivity index (χ1n) is 15.5. The van der Waals surface area contributed by atoms with Crippen molar-refractivity contribution in [3.8, 4) is 0 Å². The fourth-order valence-corrected chi connectivity index (χ4v) is 3.36. The van der Waals surface area contributed by atoms with Crippen molar-refractivity contribution in [3.63, 3.8) is 0 Å². The van der Waals surface area contributed by atoms with Crippen LogP contribution in [0.4, 0.5) is 0 Å². The summed E-state index contributed by atoms with van der Waals surface area (Å²) in [5.41, 5.74) is 0. The Hall–Kier alpha value is 0.554. The van der Waals surface area contributed by atoms with Crippen LogP contribution in [0.3, 0.4) is 0 Å². The first kappa shape index (κ1) is 47.3. The van der Waals surface area contributed by atoms with E-state index in [1.165, 1.54) is 77.0 Å². The fraction of sp³-hybridized carbons (Fsp3) is 1.00. The normalized spacial score (nSPS) is 10.4. The second-order valence-corrected chi connectivity index (χ2v) is 11.9. The van der Waals surface area contributed by atoms with Gasteiger partial charge in [-0.3, -0.25) is 0 Å². The summed E-state index contributed by atoms with van der Waals surface area (Å²) >= 11 is 0. The molecule has 0 radical (unpaired) electrons. The molecule has 5 heteroatoms. The van der Waals surface area contributed by atoms with Crippen LogP contribution in [0.1, 0.15) is 158 Å². The summed E-state index contributed by atoms with van der Waals surface area (Å²) in [5, 5.41) is 33.7. The minimum Gasteiger partial charge on any atom is -0.396 e. The Bertz CT molecular complexity index is 273. The van der Waals surface area contributed by atoms with E-state index in [-0.39, 0.29) is 21.7 Å². The molecule has 37 heavy (non-hydrogen) atoms. The van der Waals surface area contributed by atoms with Crippen molar-refractivity contribution in [2.24, 2.45) is 23.7 Å². The van der Waals surface area contributed by atoms with E-state index in [0.717, 1.165) is 49.4 Å². The first-order chi connectivity index (χ1) is 17.1. The van der Waals surface area contributed by atoms with Crippen molar-refractivity contribution in [1.82, 2.24) is 0 Å². The summed E-state index contributed by atoms with van der Waals surface area (Å²) in [6.45, 7) is 19.3. The monoisotopic (exact) mass is 568 g/mol. The van der Waals surface area contributed by atoms with Gasteiger partial charge in [-0.25, -0.2) is 0 Å². The van der Waals surface area contributed by atoms with Crippen molar-refractivity contribution in [2.75, 3.05) is 26.4 Å². The molecule has 0 aromatic rings. The van der Waals surface area contributed by atoms with Crippen molar-refractivity contribution < 1.29 is 42.1 Å². The molecule has 0 rings (SSSR count). The molecule has 0 bridgehead atoms. The number of aliphatic hydroxyl groups is 4. The largest absolute Gasteiger partial charge is 0.396 e. The predicted octanol–water partition coefficient (Wildman–Crippen LogP) is 8.78. The Labute approximate surface area is 249 Å². The van der Waals surface area contributed by atoms with Crippen LogP contribution in [0.15, 0.2) is 0 Å². The average Bonchev–Trinajstić information content (AvgIpc) is 2.81. The summed E-state index contributed by atoms with van der Waals surface area (Å²) in [6, 6.07) is 0. The summed E-state index contributed by atoms with van der Waals surface area (Å²) < 4.78 is 0. The minimum atomic E-state index is 0. The molecule has 0 saturated carbocycles. The van der Waals surface area contributed by atoms with Gasteiger partial charge in [0.05, 0.1) is 0 Å². The topological polar surface area (TPSA) is 80.9 Å². The molecule has 0 unspecified atom stereocenters. The molecule has 0 aromatic heterocycles. The molecular formula is C32H72O4Ti. The summed E-state index contributed by atoms with van der Waals surface area (Å²) in [5.74, 6) is 3.29. The zero-order chi connectivity index (χ0) is 28.5. The molecule has 228 valence electrons. The van der Waals surface area contributed by atoms with E-state index in [9.17, 15) is 0 Å². The van der Waals surface area contributed by atoms with Gasteiger partial charge in [0.25, 0.3) is 0 Å². The number of hydrogen-bond donors (Lipinski definition) is 4. The molecule has 0 amide bonds. The van der Waals surface area contributed by atoms with Crippen LogP contribution < -0.4 is 0 Å². The van der Waals surface area contributed by atoms with Crippen LogP contribution in [-0.2, 0) is 21.7 Å². The molecule has 0 saturated heterocycles. The number of unbranched alkanes of at least 4 members (excludes halogenated alkanes) is 8. The van der Waals surface area contributed by atoms with Gasteiger partial charge in [0.2, 0.25) is 0 Å². The van der Waals surface area contributed by atoms with Crippen LogP contribution in [0.5, 0.6) is 0 Å². The SMILES string of the molecule is CC(C)CCCCCO.CC(C)CCCCCO.CC(C)CCCCCO.CC(C)CCCCCO.[Ti]. The van der Waals surface area contributed by atoms with Crippen LogP contribution >= 0.6 is 0 Å². The quantitative estimate of drug-likeness (QED) is 0.0874. The van der Waals surface area contributed by atoms with Crippen LogP contribution in [0.2, 0.25) is 0 Å². The third-order valence-electron chi connectivity index (χ3n) is 5.76. The second-order valence-electron chi connectivity index (χ2n) is 11.9. The average molecular weight is 569 g/mol. The molecule has 0 spiro atoms. The Morgan fingerprint density at radius 2 is 0.459 bits per heavy atom. The second kappa shape index (κ2) is 43.6. The van der Waals surface area contributed by atoms with Gasteiger partial charge in [0.15, 0.2) is 0 Å². The van der Waals surface area contributed by atoms with Gasteiger partial charge in [-0.2, -0.15) is 0 Å². The number of aliphatic hydroxyl groups excluding tert-OH is 4. The Balaban J connectivity index is -0.000000122. The minimum absolute atomic E-state index is 0. The van der Waals surface area contributed by atoms with E-state index >= 15 is 0 Å². The van der Waals surface area contributed by atoms with Crippen LogP contribution in [0, 0.1) is 23.7 Å². The smallest absolute Gasteiger partial charge is 0.0431 e. The van der Waals surface area contributed by atoms with Gasteiger partial charge >= 0.3 is 0 Å². The van der Waals surface area contributed by atoms with Crippen LogP contribution in [-0.4, -0.2) is 46.9 Å². The summed E-state index contributed by atoms with van der Waals surface area (Å²) in [7, 11) is 0. The van der Waals surface area contributed by atoms with Crippen molar-refractivity contribution in [3.05, 3.63) is 0 Å². The maximum absolute atomic E-state index is 8.43. The van der Waals surface area contributed by atoms with Gasteiger partial charge in [0.1, 0.15) is 0 Å². The van der Waals surface area contributed by atoms with Gasteiger partial charge in [-0.15, -0.1) is 0 Å². The maximum atomic E-state index is 8.43. The van der Waals surface area contributed by atoms with Gasteiger partial charge in [-0.05, 0) is 49.4 Å². The molecule has 0 fully saturated rings. The summed E-state index contributed by atoms with van der Waals surface area (Å²) in [6.07, 6.45) is 19.0. The van der Waals surface area contributed by atoms with Crippen molar-refractivity contribution in [2.45, 2.75) is 158 Å². The Morgan fingerprint density at radius 1 is 0.297 bits per heavy atom. The molecule has 4 nitrogen and oxygen atoms in total. The fourth-order valence-electron chi connectivity index (χ4n) is 3.36. The Morgan fingerprint density at radius 3 is 0.568 bits per heavy atom. The van der Waals surface area contributed by atoms with E-state index in [1.54, 1.807) is 0 Å². The standard InChI is InChI=1S/4C8H18O.Ti/c4*1-8(2)6-4-3-5-7-9;/h4*8-9H,3-7H2,1-2H3;. The first-order valence-corrected chi connectivity index (χ1v) is 15.5. The molecular weight excluding hydrogens is 496 g/mol. The van der Waals surface area contributed by atoms with Crippen LogP contribution in [0.25, 0.3) is 0 Å². The maximum Gasteiger partial charge on any atom is 0.0431 e. The van der Waals surface area contributed by atoms with E-state index < -0.39 is 0 Å². The summed E-state index contributed by atoms with van der Waals surface area (Å²) in [4.78, 5) is 0. The third kappa shape index (κ3) is 72.4.